The number of hydrogen-bond acceptors (Lipinski definition) is 4. The Morgan fingerprint density at radius 1 is 1.58 bits per heavy atom. The summed E-state index contributed by atoms with van der Waals surface area (Å²) in [6, 6.07) is -0.531. The van der Waals surface area contributed by atoms with Crippen LogP contribution in [0.25, 0.3) is 0 Å². The van der Waals surface area contributed by atoms with Crippen LogP contribution >= 0.6 is 0 Å². The average molecular weight is 175 g/mol. The zero-order valence-corrected chi connectivity index (χ0v) is 7.45. The Hall–Kier alpha value is -0.610. The summed E-state index contributed by atoms with van der Waals surface area (Å²) >= 11 is 0. The quantitative estimate of drug-likeness (QED) is 0.441. The van der Waals surface area contributed by atoms with Crippen LogP contribution in [-0.4, -0.2) is 30.3 Å². The summed E-state index contributed by atoms with van der Waals surface area (Å²) in [5.74, 6) is -0.351. The smallest absolute Gasteiger partial charge is 0.322 e. The SMILES string of the molecule is CCOC(=O)[C@@H](N)CCCCO. The molecule has 1 atom stereocenters. The van der Waals surface area contributed by atoms with E-state index in [1.54, 1.807) is 6.92 Å². The number of carbonyl (C=O) groups is 1. The normalized spacial score (nSPS) is 12.6. The van der Waals surface area contributed by atoms with Gasteiger partial charge in [0.25, 0.3) is 0 Å². The molecular formula is C8H17NO3. The zero-order valence-electron chi connectivity index (χ0n) is 7.45. The third-order valence-electron chi connectivity index (χ3n) is 1.51. The van der Waals surface area contributed by atoms with Gasteiger partial charge in [-0.15, -0.1) is 0 Å². The number of rotatable bonds is 6. The highest BCUT2D eigenvalue weighted by molar-refractivity contribution is 5.75. The Morgan fingerprint density at radius 2 is 2.25 bits per heavy atom. The summed E-state index contributed by atoms with van der Waals surface area (Å²) < 4.78 is 4.71. The monoisotopic (exact) mass is 175 g/mol. The van der Waals surface area contributed by atoms with Gasteiger partial charge in [-0.3, -0.25) is 4.79 Å². The number of hydrogen-bond donors (Lipinski definition) is 2. The van der Waals surface area contributed by atoms with E-state index in [1.807, 2.05) is 0 Å². The maximum absolute atomic E-state index is 10.9. The number of unbranched alkanes of at least 4 members (excludes halogenated alkanes) is 1. The van der Waals surface area contributed by atoms with E-state index < -0.39 is 6.04 Å². The molecule has 0 rings (SSSR count). The highest BCUT2D eigenvalue weighted by atomic mass is 16.5. The van der Waals surface area contributed by atoms with E-state index in [-0.39, 0.29) is 12.6 Å². The molecule has 0 aliphatic heterocycles. The summed E-state index contributed by atoms with van der Waals surface area (Å²) in [4.78, 5) is 10.9. The fraction of sp³-hybridized carbons (Fsp3) is 0.875. The number of aliphatic hydroxyl groups is 1. The first kappa shape index (κ1) is 11.4. The molecule has 0 heterocycles. The van der Waals surface area contributed by atoms with Crippen LogP contribution in [0.1, 0.15) is 26.2 Å². The number of nitrogens with two attached hydrogens (primary N) is 1. The second-order valence-corrected chi connectivity index (χ2v) is 2.58. The third kappa shape index (κ3) is 5.09. The minimum Gasteiger partial charge on any atom is -0.465 e. The molecule has 0 bridgehead atoms. The summed E-state index contributed by atoms with van der Waals surface area (Å²) in [5.41, 5.74) is 5.49. The van der Waals surface area contributed by atoms with Crippen molar-refractivity contribution in [2.75, 3.05) is 13.2 Å². The van der Waals surface area contributed by atoms with Crippen LogP contribution in [0.15, 0.2) is 0 Å². The van der Waals surface area contributed by atoms with Gasteiger partial charge in [-0.2, -0.15) is 0 Å². The van der Waals surface area contributed by atoms with Gasteiger partial charge in [0.15, 0.2) is 0 Å². The summed E-state index contributed by atoms with van der Waals surface area (Å²) in [6.45, 7) is 2.26. The Labute approximate surface area is 72.7 Å². The predicted molar refractivity (Wildman–Crippen MR) is 45.5 cm³/mol. The molecule has 72 valence electrons. The summed E-state index contributed by atoms with van der Waals surface area (Å²) in [6.07, 6.45) is 2.03. The van der Waals surface area contributed by atoms with Crippen LogP contribution in [0, 0.1) is 0 Å². The van der Waals surface area contributed by atoms with Gasteiger partial charge in [0.1, 0.15) is 6.04 Å². The van der Waals surface area contributed by atoms with Crippen molar-refractivity contribution >= 4 is 5.97 Å². The van der Waals surface area contributed by atoms with E-state index in [0.717, 1.165) is 6.42 Å². The molecule has 12 heavy (non-hydrogen) atoms. The minimum absolute atomic E-state index is 0.148. The summed E-state index contributed by atoms with van der Waals surface area (Å²) in [5, 5.41) is 8.46. The Kier molecular flexibility index (Phi) is 6.70. The summed E-state index contributed by atoms with van der Waals surface area (Å²) in [7, 11) is 0. The third-order valence-corrected chi connectivity index (χ3v) is 1.51. The van der Waals surface area contributed by atoms with Crippen LogP contribution in [0.2, 0.25) is 0 Å². The second-order valence-electron chi connectivity index (χ2n) is 2.58. The van der Waals surface area contributed by atoms with Crippen LogP contribution in [0.5, 0.6) is 0 Å². The molecule has 4 nitrogen and oxygen atoms in total. The molecular weight excluding hydrogens is 158 g/mol. The first-order valence-corrected chi connectivity index (χ1v) is 4.25. The molecule has 0 saturated heterocycles. The lowest BCUT2D eigenvalue weighted by Gasteiger charge is -2.09. The molecule has 0 amide bonds. The molecule has 0 aromatic heterocycles. The Morgan fingerprint density at radius 3 is 2.75 bits per heavy atom. The van der Waals surface area contributed by atoms with E-state index in [2.05, 4.69) is 0 Å². The van der Waals surface area contributed by atoms with Crippen LogP contribution in [0.4, 0.5) is 0 Å². The fourth-order valence-corrected chi connectivity index (χ4v) is 0.843. The van der Waals surface area contributed by atoms with Crippen molar-refractivity contribution in [2.24, 2.45) is 5.73 Å². The van der Waals surface area contributed by atoms with Crippen LogP contribution in [0.3, 0.4) is 0 Å². The number of aliphatic hydroxyl groups excluding tert-OH is 1. The lowest BCUT2D eigenvalue weighted by molar-refractivity contribution is -0.144. The first-order valence-electron chi connectivity index (χ1n) is 4.25. The fourth-order valence-electron chi connectivity index (χ4n) is 0.843. The van der Waals surface area contributed by atoms with Gasteiger partial charge in [-0.25, -0.2) is 0 Å². The molecule has 4 heteroatoms. The molecule has 0 saturated carbocycles. The van der Waals surface area contributed by atoms with Crippen molar-refractivity contribution in [3.05, 3.63) is 0 Å². The average Bonchev–Trinajstić information content (AvgIpc) is 2.05. The molecule has 0 aliphatic rings. The molecule has 0 spiro atoms. The van der Waals surface area contributed by atoms with Gasteiger partial charge in [0, 0.05) is 6.61 Å². The number of carbonyl (C=O) groups excluding carboxylic acids is 1. The van der Waals surface area contributed by atoms with E-state index >= 15 is 0 Å². The molecule has 0 fully saturated rings. The van der Waals surface area contributed by atoms with E-state index in [0.29, 0.717) is 19.4 Å². The number of esters is 1. The molecule has 0 aromatic rings. The van der Waals surface area contributed by atoms with Gasteiger partial charge in [0.2, 0.25) is 0 Å². The van der Waals surface area contributed by atoms with Crippen LogP contribution < -0.4 is 5.73 Å². The van der Waals surface area contributed by atoms with Gasteiger partial charge in [-0.1, -0.05) is 0 Å². The number of ether oxygens (including phenoxy) is 1. The van der Waals surface area contributed by atoms with E-state index in [1.165, 1.54) is 0 Å². The maximum Gasteiger partial charge on any atom is 0.322 e. The van der Waals surface area contributed by atoms with Gasteiger partial charge in [-0.05, 0) is 26.2 Å². The standard InChI is InChI=1S/C8H17NO3/c1-2-12-8(11)7(9)5-3-4-6-10/h7,10H,2-6,9H2,1H3/t7-/m0/s1. The largest absolute Gasteiger partial charge is 0.465 e. The lowest BCUT2D eigenvalue weighted by atomic mass is 10.1. The predicted octanol–water partition coefficient (Wildman–Crippen LogP) is 0.0394. The highest BCUT2D eigenvalue weighted by Gasteiger charge is 2.12. The zero-order chi connectivity index (χ0) is 9.40. The molecule has 3 N–H and O–H groups in total. The molecule has 0 aliphatic carbocycles. The first-order chi connectivity index (χ1) is 5.72. The minimum atomic E-state index is -0.531. The lowest BCUT2D eigenvalue weighted by Crippen LogP contribution is -2.32. The van der Waals surface area contributed by atoms with E-state index in [4.69, 9.17) is 15.6 Å². The van der Waals surface area contributed by atoms with Crippen molar-refractivity contribution in [1.82, 2.24) is 0 Å². The molecule has 0 aromatic carbocycles. The van der Waals surface area contributed by atoms with Crippen molar-refractivity contribution in [2.45, 2.75) is 32.2 Å². The molecule has 0 radical (unpaired) electrons. The van der Waals surface area contributed by atoms with Crippen molar-refractivity contribution < 1.29 is 14.6 Å². The Balaban J connectivity index is 3.42. The topological polar surface area (TPSA) is 72.5 Å². The van der Waals surface area contributed by atoms with Crippen molar-refractivity contribution in [1.29, 1.82) is 0 Å². The van der Waals surface area contributed by atoms with Crippen molar-refractivity contribution in [3.63, 3.8) is 0 Å². The Bertz CT molecular complexity index is 127. The molecule has 0 unspecified atom stereocenters. The highest BCUT2D eigenvalue weighted by Crippen LogP contribution is 1.99. The second kappa shape index (κ2) is 7.06. The van der Waals surface area contributed by atoms with Crippen LogP contribution in [-0.2, 0) is 9.53 Å². The van der Waals surface area contributed by atoms with E-state index in [9.17, 15) is 4.79 Å². The maximum atomic E-state index is 10.9. The van der Waals surface area contributed by atoms with Gasteiger partial charge < -0.3 is 15.6 Å². The van der Waals surface area contributed by atoms with Gasteiger partial charge in [0.05, 0.1) is 6.61 Å². The van der Waals surface area contributed by atoms with Crippen molar-refractivity contribution in [3.8, 4) is 0 Å². The van der Waals surface area contributed by atoms with Gasteiger partial charge >= 0.3 is 5.97 Å².